The van der Waals surface area contributed by atoms with E-state index in [1.54, 1.807) is 0 Å². The van der Waals surface area contributed by atoms with E-state index in [1.165, 1.54) is 6.07 Å². The third kappa shape index (κ3) is 5.13. The van der Waals surface area contributed by atoms with Crippen LogP contribution in [0.5, 0.6) is 5.75 Å². The summed E-state index contributed by atoms with van der Waals surface area (Å²) < 4.78 is 53.7. The second-order valence-corrected chi connectivity index (χ2v) is 5.00. The summed E-state index contributed by atoms with van der Waals surface area (Å²) in [5.74, 6) is -1.87. The smallest absolute Gasteiger partial charge is 0.403 e. The zero-order chi connectivity index (χ0) is 16.9. The summed E-state index contributed by atoms with van der Waals surface area (Å²) in [5, 5.41) is 0. The molecule has 0 aromatic heterocycles. The molecule has 0 aliphatic heterocycles. The van der Waals surface area contributed by atoms with Crippen LogP contribution in [0, 0.1) is 5.82 Å². The second-order valence-electron chi connectivity index (χ2n) is 5.00. The lowest BCUT2D eigenvalue weighted by atomic mass is 10.0. The number of ether oxygens (including phenoxy) is 1. The predicted octanol–water partition coefficient (Wildman–Crippen LogP) is 5.90. The molecule has 0 radical (unpaired) electrons. The van der Waals surface area contributed by atoms with Crippen molar-refractivity contribution in [2.45, 2.75) is 26.1 Å². The molecule has 2 aromatic carbocycles. The van der Waals surface area contributed by atoms with Gasteiger partial charge in [0.2, 0.25) is 0 Å². The van der Waals surface area contributed by atoms with E-state index in [0.717, 1.165) is 36.1 Å². The minimum Gasteiger partial charge on any atom is -0.403 e. The van der Waals surface area contributed by atoms with Gasteiger partial charge in [-0.3, -0.25) is 0 Å². The highest BCUT2D eigenvalue weighted by Crippen LogP contribution is 2.29. The van der Waals surface area contributed by atoms with Gasteiger partial charge in [0.15, 0.2) is 11.6 Å². The summed E-state index contributed by atoms with van der Waals surface area (Å²) in [6.45, 7) is 1.96. The number of halogens is 4. The van der Waals surface area contributed by atoms with Crippen molar-refractivity contribution in [3.8, 4) is 16.9 Å². The van der Waals surface area contributed by atoms with Crippen LogP contribution in [0.4, 0.5) is 17.6 Å². The first-order valence-corrected chi connectivity index (χ1v) is 7.15. The van der Waals surface area contributed by atoms with Gasteiger partial charge in [0.25, 0.3) is 0 Å². The van der Waals surface area contributed by atoms with Gasteiger partial charge in [0.1, 0.15) is 0 Å². The summed E-state index contributed by atoms with van der Waals surface area (Å²) in [5.41, 5.74) is 2.37. The Hall–Kier alpha value is -2.30. The van der Waals surface area contributed by atoms with Gasteiger partial charge in [-0.2, -0.15) is 0 Å². The van der Waals surface area contributed by atoms with Crippen molar-refractivity contribution in [2.75, 3.05) is 0 Å². The molecule has 0 saturated heterocycles. The van der Waals surface area contributed by atoms with E-state index in [4.69, 9.17) is 0 Å². The molecule has 0 saturated carbocycles. The van der Waals surface area contributed by atoms with Crippen LogP contribution in [0.3, 0.4) is 0 Å². The number of allylic oxidation sites excluding steroid dienone is 2. The van der Waals surface area contributed by atoms with Gasteiger partial charge in [0.05, 0.1) is 0 Å². The number of rotatable bonds is 5. The molecule has 0 heterocycles. The Bertz CT molecular complexity index is 672. The zero-order valence-electron chi connectivity index (χ0n) is 12.5. The van der Waals surface area contributed by atoms with Crippen LogP contribution in [0.15, 0.2) is 54.6 Å². The zero-order valence-corrected chi connectivity index (χ0v) is 12.5. The summed E-state index contributed by atoms with van der Waals surface area (Å²) in [7, 11) is 0. The fourth-order valence-electron chi connectivity index (χ4n) is 2.17. The Morgan fingerprint density at radius 3 is 2.22 bits per heavy atom. The molecule has 0 aliphatic rings. The van der Waals surface area contributed by atoms with Gasteiger partial charge in [0, 0.05) is 0 Å². The molecular formula is C18H16F4O. The number of aryl methyl sites for hydroxylation is 1. The molecule has 1 nitrogen and oxygen atoms in total. The van der Waals surface area contributed by atoms with Crippen molar-refractivity contribution < 1.29 is 22.3 Å². The monoisotopic (exact) mass is 324 g/mol. The minimum atomic E-state index is -4.91. The quantitative estimate of drug-likeness (QED) is 0.491. The highest BCUT2D eigenvalue weighted by molar-refractivity contribution is 5.64. The third-order valence-electron chi connectivity index (χ3n) is 3.28. The molecular weight excluding hydrogens is 308 g/mol. The molecule has 2 rings (SSSR count). The fraction of sp³-hybridized carbons (Fsp3) is 0.222. The summed E-state index contributed by atoms with van der Waals surface area (Å²) in [6, 6.07) is 10.9. The molecule has 0 amide bonds. The van der Waals surface area contributed by atoms with Crippen LogP contribution in [0.2, 0.25) is 0 Å². The Balaban J connectivity index is 2.14. The normalized spacial score (nSPS) is 11.9. The van der Waals surface area contributed by atoms with Crippen molar-refractivity contribution in [1.82, 2.24) is 0 Å². The molecule has 5 heteroatoms. The van der Waals surface area contributed by atoms with Crippen LogP contribution in [-0.4, -0.2) is 6.36 Å². The van der Waals surface area contributed by atoms with Gasteiger partial charge < -0.3 is 4.74 Å². The van der Waals surface area contributed by atoms with E-state index in [2.05, 4.69) is 10.8 Å². The minimum absolute atomic E-state index is 0.497. The Morgan fingerprint density at radius 1 is 1.00 bits per heavy atom. The molecule has 0 fully saturated rings. The van der Waals surface area contributed by atoms with Gasteiger partial charge in [-0.25, -0.2) is 4.39 Å². The average Bonchev–Trinajstić information content (AvgIpc) is 2.49. The van der Waals surface area contributed by atoms with E-state index in [1.807, 2.05) is 37.3 Å². The summed E-state index contributed by atoms with van der Waals surface area (Å²) >= 11 is 0. The van der Waals surface area contributed by atoms with E-state index < -0.39 is 17.9 Å². The predicted molar refractivity (Wildman–Crippen MR) is 81.7 cm³/mol. The van der Waals surface area contributed by atoms with Gasteiger partial charge in [-0.1, -0.05) is 42.5 Å². The fourth-order valence-corrected chi connectivity index (χ4v) is 2.17. The lowest BCUT2D eigenvalue weighted by Gasteiger charge is -2.11. The van der Waals surface area contributed by atoms with Crippen molar-refractivity contribution in [1.29, 1.82) is 0 Å². The Labute approximate surface area is 132 Å². The van der Waals surface area contributed by atoms with Crippen LogP contribution < -0.4 is 4.74 Å². The van der Waals surface area contributed by atoms with Gasteiger partial charge in [-0.05, 0) is 48.6 Å². The van der Waals surface area contributed by atoms with Crippen molar-refractivity contribution in [3.05, 3.63) is 66.0 Å². The van der Waals surface area contributed by atoms with Crippen LogP contribution in [-0.2, 0) is 6.42 Å². The number of hydrogen-bond donors (Lipinski definition) is 0. The van der Waals surface area contributed by atoms with E-state index in [0.29, 0.717) is 5.56 Å². The first-order chi connectivity index (χ1) is 10.9. The third-order valence-corrected chi connectivity index (χ3v) is 3.28. The molecule has 0 unspecified atom stereocenters. The van der Waals surface area contributed by atoms with Crippen LogP contribution in [0.1, 0.15) is 18.9 Å². The summed E-state index contributed by atoms with van der Waals surface area (Å²) in [4.78, 5) is 0. The highest BCUT2D eigenvalue weighted by Gasteiger charge is 2.32. The first kappa shape index (κ1) is 17.1. The van der Waals surface area contributed by atoms with Crippen LogP contribution in [0.25, 0.3) is 11.1 Å². The first-order valence-electron chi connectivity index (χ1n) is 7.15. The Morgan fingerprint density at radius 2 is 1.65 bits per heavy atom. The second kappa shape index (κ2) is 7.31. The molecule has 23 heavy (non-hydrogen) atoms. The van der Waals surface area contributed by atoms with E-state index in [9.17, 15) is 17.6 Å². The number of alkyl halides is 3. The highest BCUT2D eigenvalue weighted by atomic mass is 19.4. The average molecular weight is 324 g/mol. The SMILES string of the molecule is CC=CCCc1ccc(-c2ccc(OC(F)(F)F)c(F)c2)cc1. The van der Waals surface area contributed by atoms with Crippen LogP contribution >= 0.6 is 0 Å². The van der Waals surface area contributed by atoms with Gasteiger partial charge in [-0.15, -0.1) is 13.2 Å². The number of hydrogen-bond acceptors (Lipinski definition) is 1. The Kier molecular flexibility index (Phi) is 5.42. The van der Waals surface area contributed by atoms with Crippen molar-refractivity contribution in [3.63, 3.8) is 0 Å². The maximum Gasteiger partial charge on any atom is 0.573 e. The molecule has 0 bridgehead atoms. The van der Waals surface area contributed by atoms with Crippen molar-refractivity contribution >= 4 is 0 Å². The summed E-state index contributed by atoms with van der Waals surface area (Å²) in [6.07, 6.45) is 0.993. The lowest BCUT2D eigenvalue weighted by molar-refractivity contribution is -0.275. The topological polar surface area (TPSA) is 9.23 Å². The van der Waals surface area contributed by atoms with E-state index in [-0.39, 0.29) is 0 Å². The van der Waals surface area contributed by atoms with Gasteiger partial charge >= 0.3 is 6.36 Å². The lowest BCUT2D eigenvalue weighted by Crippen LogP contribution is -2.17. The molecule has 2 aromatic rings. The molecule has 0 atom stereocenters. The van der Waals surface area contributed by atoms with Crippen molar-refractivity contribution in [2.24, 2.45) is 0 Å². The maximum atomic E-state index is 13.7. The molecule has 0 spiro atoms. The standard InChI is InChI=1S/C18H16F4O/c1-2-3-4-5-13-6-8-14(9-7-13)15-10-11-17(16(19)12-15)23-18(20,21)22/h2-3,6-12H,4-5H2,1H3. The maximum absolute atomic E-state index is 13.7. The molecule has 0 aliphatic carbocycles. The molecule has 0 N–H and O–H groups in total. The van der Waals surface area contributed by atoms with E-state index >= 15 is 0 Å². The largest absolute Gasteiger partial charge is 0.573 e. The number of benzene rings is 2. The molecule has 122 valence electrons.